The molecule has 0 saturated heterocycles. The normalized spacial score (nSPS) is 11.2. The summed E-state index contributed by atoms with van der Waals surface area (Å²) in [5.74, 6) is 1.22. The molecule has 0 saturated carbocycles. The highest BCUT2D eigenvalue weighted by atomic mass is 15.1. The van der Waals surface area contributed by atoms with Crippen LogP contribution in [0.2, 0.25) is 0 Å². The molecule has 3 heterocycles. The van der Waals surface area contributed by atoms with Gasteiger partial charge in [-0.3, -0.25) is 0 Å². The van der Waals surface area contributed by atoms with Crippen molar-refractivity contribution in [2.24, 2.45) is 0 Å². The molecular formula is C90H54N8. The quantitative estimate of drug-likeness (QED) is 0.120. The first-order valence-electron chi connectivity index (χ1n) is 32.5. The lowest BCUT2D eigenvalue weighted by molar-refractivity contribution is 1.06. The maximum Gasteiger partial charge on any atom is 0.166 e. The Kier molecular flexibility index (Phi) is 14.5. The van der Waals surface area contributed by atoms with Crippen LogP contribution in [0.25, 0.3) is 167 Å². The van der Waals surface area contributed by atoms with E-state index in [0.29, 0.717) is 45.3 Å². The van der Waals surface area contributed by atoms with E-state index in [1.54, 1.807) is 0 Å². The minimum Gasteiger partial charge on any atom is -0.308 e. The molecule has 0 aliphatic rings. The highest BCUT2D eigenvalue weighted by Crippen LogP contribution is 2.45. The highest BCUT2D eigenvalue weighted by Gasteiger charge is 2.25. The van der Waals surface area contributed by atoms with Gasteiger partial charge in [0.25, 0.3) is 0 Å². The third-order valence-electron chi connectivity index (χ3n) is 18.7. The van der Waals surface area contributed by atoms with E-state index in [4.69, 9.17) is 15.0 Å². The Balaban J connectivity index is 0.966. The third-order valence-corrected chi connectivity index (χ3v) is 18.7. The van der Waals surface area contributed by atoms with E-state index < -0.39 is 0 Å². The Morgan fingerprint density at radius 1 is 0.214 bits per heavy atom. The molecule has 3 aromatic heterocycles. The van der Waals surface area contributed by atoms with Crippen molar-refractivity contribution in [3.8, 4) is 142 Å². The molecule has 0 aliphatic carbocycles. The molecule has 0 unspecified atom stereocenters. The molecule has 0 radical (unpaired) electrons. The number of rotatable bonds is 12. The molecule has 0 N–H and O–H groups in total. The second kappa shape index (κ2) is 24.6. The van der Waals surface area contributed by atoms with Gasteiger partial charge in [0, 0.05) is 38.2 Å². The zero-order valence-electron chi connectivity index (χ0n) is 52.8. The lowest BCUT2D eigenvalue weighted by Gasteiger charge is -2.18. The van der Waals surface area contributed by atoms with Crippen LogP contribution in [0.3, 0.4) is 0 Å². The number of fused-ring (bicyclic) bond motifs is 6. The maximum absolute atomic E-state index is 10.3. The molecule has 0 fully saturated rings. The van der Waals surface area contributed by atoms with E-state index in [-0.39, 0.29) is 0 Å². The van der Waals surface area contributed by atoms with Gasteiger partial charge in [-0.15, -0.1) is 0 Å². The van der Waals surface area contributed by atoms with Gasteiger partial charge in [0.15, 0.2) is 17.5 Å². The summed E-state index contributed by atoms with van der Waals surface area (Å²) in [5.41, 5.74) is 23.3. The fourth-order valence-electron chi connectivity index (χ4n) is 13.9. The average molecular weight is 1250 g/mol. The van der Waals surface area contributed by atoms with Crippen molar-refractivity contribution in [3.05, 3.63) is 344 Å². The SMILES string of the molecule is N#Cc1cccc(-c2ccc(-n3c4ccc(-c5ccccc5)cc4c4cc(-c5ccccc5)ccc43)c(-c3nc(-c4ccc(-c5ccccc5C#N)cc4)nc(-c4cc(-c5cccc(C#N)c5)ccc4-n4c5ccc(-c6ccccc6)cc5c5cc(-c6ccccc6)ccc54)n3)c2)c1. The van der Waals surface area contributed by atoms with Gasteiger partial charge in [-0.05, 0) is 181 Å². The van der Waals surface area contributed by atoms with Crippen LogP contribution in [0.5, 0.6) is 0 Å². The Labute approximate surface area is 566 Å². The van der Waals surface area contributed by atoms with E-state index >= 15 is 0 Å². The van der Waals surface area contributed by atoms with E-state index in [2.05, 4.69) is 234 Å². The summed E-state index contributed by atoms with van der Waals surface area (Å²) in [6.07, 6.45) is 0. The van der Waals surface area contributed by atoms with Crippen LogP contribution in [0, 0.1) is 34.0 Å². The zero-order valence-corrected chi connectivity index (χ0v) is 52.8. The fourth-order valence-corrected chi connectivity index (χ4v) is 13.9. The number of benzene rings is 14. The Morgan fingerprint density at radius 3 is 0.898 bits per heavy atom. The molecule has 0 spiro atoms. The molecule has 0 aliphatic heterocycles. The van der Waals surface area contributed by atoms with Crippen LogP contribution in [0.15, 0.2) is 328 Å². The fraction of sp³-hybridized carbons (Fsp3) is 0. The lowest BCUT2D eigenvalue weighted by Crippen LogP contribution is -2.06. The van der Waals surface area contributed by atoms with E-state index in [1.165, 1.54) is 0 Å². The van der Waals surface area contributed by atoms with E-state index in [9.17, 15) is 15.8 Å². The molecule has 98 heavy (non-hydrogen) atoms. The minimum absolute atomic E-state index is 0.402. The first kappa shape index (κ1) is 58.0. The van der Waals surface area contributed by atoms with Crippen molar-refractivity contribution in [2.75, 3.05) is 0 Å². The highest BCUT2D eigenvalue weighted by molar-refractivity contribution is 6.14. The molecule has 14 aromatic carbocycles. The molecular weight excluding hydrogens is 1190 g/mol. The largest absolute Gasteiger partial charge is 0.308 e. The van der Waals surface area contributed by atoms with Crippen molar-refractivity contribution in [2.45, 2.75) is 0 Å². The van der Waals surface area contributed by atoms with Crippen molar-refractivity contribution in [1.82, 2.24) is 24.1 Å². The number of aromatic nitrogens is 5. The molecule has 17 aromatic rings. The Bertz CT molecular complexity index is 5610. The standard InChI is InChI=1S/C90H54N8/c91-55-58-17-15-28-66(47-58)72-39-45-86(97-82-41-35-68(60-19-5-1-6-20-60)49-76(82)77-50-69(36-42-83(77)97)61-21-7-2-8-22-61)80(53-72)89-94-88(65-33-31-64(32-34-65)75-30-14-13-27-74(75)57-93)95-90(96-89)81-54-73(67-29-16-18-59(48-67)56-92)40-46-87(81)98-84-43-37-70(62-23-9-3-10-24-62)51-78(84)79-52-71(38-44-85(79)98)63-25-11-4-12-26-63/h1-54H. The molecule has 0 bridgehead atoms. The summed E-state index contributed by atoms with van der Waals surface area (Å²) in [6, 6.07) is 120. The minimum atomic E-state index is 0.402. The maximum atomic E-state index is 10.3. The van der Waals surface area contributed by atoms with Crippen molar-refractivity contribution < 1.29 is 0 Å². The van der Waals surface area contributed by atoms with Gasteiger partial charge in [0.1, 0.15) is 0 Å². The van der Waals surface area contributed by atoms with Crippen LogP contribution in [-0.2, 0) is 0 Å². The number of hydrogen-bond acceptors (Lipinski definition) is 6. The number of hydrogen-bond donors (Lipinski definition) is 0. The number of nitrogens with zero attached hydrogens (tertiary/aromatic N) is 8. The molecule has 8 heteroatoms. The smallest absolute Gasteiger partial charge is 0.166 e. The first-order chi connectivity index (χ1) is 48.4. The molecule has 8 nitrogen and oxygen atoms in total. The van der Waals surface area contributed by atoms with Gasteiger partial charge in [-0.2, -0.15) is 15.8 Å². The van der Waals surface area contributed by atoms with E-state index in [1.807, 2.05) is 121 Å². The average Bonchev–Trinajstić information content (AvgIpc) is 1.54. The summed E-state index contributed by atoms with van der Waals surface area (Å²) in [6.45, 7) is 0. The molecule has 454 valence electrons. The summed E-state index contributed by atoms with van der Waals surface area (Å²) in [5, 5.41) is 35.2. The van der Waals surface area contributed by atoms with Gasteiger partial charge in [-0.25, -0.2) is 15.0 Å². The van der Waals surface area contributed by atoms with Gasteiger partial charge in [-0.1, -0.05) is 224 Å². The Hall–Kier alpha value is -13.8. The van der Waals surface area contributed by atoms with Gasteiger partial charge >= 0.3 is 0 Å². The summed E-state index contributed by atoms with van der Waals surface area (Å²) in [4.78, 5) is 17.1. The summed E-state index contributed by atoms with van der Waals surface area (Å²) < 4.78 is 4.67. The summed E-state index contributed by atoms with van der Waals surface area (Å²) in [7, 11) is 0. The lowest BCUT2D eigenvalue weighted by atomic mass is 9.98. The van der Waals surface area contributed by atoms with Gasteiger partial charge in [0.05, 0.1) is 68.3 Å². The predicted octanol–water partition coefficient (Wildman–Crippen LogP) is 22.4. The zero-order chi connectivity index (χ0) is 65.6. The van der Waals surface area contributed by atoms with Crippen molar-refractivity contribution in [1.29, 1.82) is 15.8 Å². The molecule has 0 amide bonds. The van der Waals surface area contributed by atoms with Crippen LogP contribution < -0.4 is 0 Å². The summed E-state index contributed by atoms with van der Waals surface area (Å²) >= 11 is 0. The van der Waals surface area contributed by atoms with Gasteiger partial charge < -0.3 is 9.13 Å². The molecule has 0 atom stereocenters. The van der Waals surface area contributed by atoms with Crippen LogP contribution in [0.4, 0.5) is 0 Å². The second-order valence-corrected chi connectivity index (χ2v) is 24.5. The van der Waals surface area contributed by atoms with Crippen molar-refractivity contribution in [3.63, 3.8) is 0 Å². The monoisotopic (exact) mass is 1250 g/mol. The van der Waals surface area contributed by atoms with Gasteiger partial charge in [0.2, 0.25) is 0 Å². The van der Waals surface area contributed by atoms with Crippen molar-refractivity contribution >= 4 is 43.6 Å². The first-order valence-corrected chi connectivity index (χ1v) is 32.5. The van der Waals surface area contributed by atoms with Crippen LogP contribution in [-0.4, -0.2) is 24.1 Å². The topological polar surface area (TPSA) is 120 Å². The van der Waals surface area contributed by atoms with Crippen LogP contribution >= 0.6 is 0 Å². The number of nitriles is 3. The van der Waals surface area contributed by atoms with Crippen LogP contribution in [0.1, 0.15) is 16.7 Å². The Morgan fingerprint density at radius 2 is 0.520 bits per heavy atom. The second-order valence-electron chi connectivity index (χ2n) is 24.5. The van der Waals surface area contributed by atoms with E-state index in [0.717, 1.165) is 138 Å². The predicted molar refractivity (Wildman–Crippen MR) is 397 cm³/mol. The third kappa shape index (κ3) is 10.5. The molecule has 17 rings (SSSR count).